The highest BCUT2D eigenvalue weighted by molar-refractivity contribution is 7.85. The van der Waals surface area contributed by atoms with Gasteiger partial charge in [-0.05, 0) is 13.3 Å². The van der Waals surface area contributed by atoms with Gasteiger partial charge in [-0.25, -0.2) is 4.98 Å². The second-order valence-corrected chi connectivity index (χ2v) is 5.26. The third kappa shape index (κ3) is 3.59. The van der Waals surface area contributed by atoms with E-state index in [1.165, 1.54) is 0 Å². The Morgan fingerprint density at radius 1 is 1.64 bits per heavy atom. The average Bonchev–Trinajstić information content (AvgIpc) is 2.69. The first-order chi connectivity index (χ1) is 6.74. The molecule has 1 heterocycles. The molecular weight excluding hydrogens is 198 g/mol. The first-order valence-corrected chi connectivity index (χ1v) is 6.15. The monoisotopic (exact) mass is 215 g/mol. The maximum Gasteiger partial charge on any atom is 0.0945 e. The SMILES string of the molecule is CC(CN)S(=O)CCCn1ccnc1. The molecule has 1 rings (SSSR count). The van der Waals surface area contributed by atoms with Crippen LogP contribution in [0.4, 0.5) is 0 Å². The van der Waals surface area contributed by atoms with Gasteiger partial charge in [0, 0.05) is 47.3 Å². The molecule has 2 N–H and O–H groups in total. The maximum absolute atomic E-state index is 11.5. The summed E-state index contributed by atoms with van der Waals surface area (Å²) in [5.41, 5.74) is 5.43. The summed E-state index contributed by atoms with van der Waals surface area (Å²) in [5.74, 6) is 0.719. The Hall–Kier alpha value is -0.680. The maximum atomic E-state index is 11.5. The summed E-state index contributed by atoms with van der Waals surface area (Å²) in [6.07, 6.45) is 6.34. The predicted octanol–water partition coefficient (Wildman–Crippen LogP) is 0.369. The molecule has 2 unspecified atom stereocenters. The molecule has 14 heavy (non-hydrogen) atoms. The number of aryl methyl sites for hydroxylation is 1. The molecule has 1 aromatic heterocycles. The topological polar surface area (TPSA) is 60.9 Å². The third-order valence-corrected chi connectivity index (χ3v) is 3.88. The lowest BCUT2D eigenvalue weighted by Gasteiger charge is -2.08. The zero-order valence-corrected chi connectivity index (χ0v) is 9.24. The Kier molecular flexibility index (Phi) is 4.82. The summed E-state index contributed by atoms with van der Waals surface area (Å²) in [6, 6.07) is 0. The quantitative estimate of drug-likeness (QED) is 0.745. The van der Waals surface area contributed by atoms with Gasteiger partial charge in [-0.15, -0.1) is 0 Å². The summed E-state index contributed by atoms with van der Waals surface area (Å²) in [7, 11) is -0.785. The fraction of sp³-hybridized carbons (Fsp3) is 0.667. The summed E-state index contributed by atoms with van der Waals surface area (Å²) in [5, 5.41) is 0.109. The van der Waals surface area contributed by atoms with E-state index in [1.54, 1.807) is 12.5 Å². The number of rotatable bonds is 6. The Morgan fingerprint density at radius 3 is 3.00 bits per heavy atom. The van der Waals surface area contributed by atoms with Crippen LogP contribution in [0.1, 0.15) is 13.3 Å². The second kappa shape index (κ2) is 5.93. The number of imidazole rings is 1. The van der Waals surface area contributed by atoms with E-state index in [-0.39, 0.29) is 5.25 Å². The largest absolute Gasteiger partial charge is 0.337 e. The van der Waals surface area contributed by atoms with Crippen LogP contribution in [0.15, 0.2) is 18.7 Å². The van der Waals surface area contributed by atoms with Gasteiger partial charge in [-0.1, -0.05) is 0 Å². The van der Waals surface area contributed by atoms with Crippen molar-refractivity contribution in [2.24, 2.45) is 5.73 Å². The lowest BCUT2D eigenvalue weighted by molar-refractivity contribution is 0.651. The second-order valence-electron chi connectivity index (χ2n) is 3.29. The molecule has 2 atom stereocenters. The molecule has 0 amide bonds. The van der Waals surface area contributed by atoms with Crippen molar-refractivity contribution in [1.82, 2.24) is 9.55 Å². The summed E-state index contributed by atoms with van der Waals surface area (Å²) in [4.78, 5) is 3.94. The Bertz CT molecular complexity index is 274. The van der Waals surface area contributed by atoms with Gasteiger partial charge in [0.2, 0.25) is 0 Å². The van der Waals surface area contributed by atoms with Crippen LogP contribution in [0.3, 0.4) is 0 Å². The summed E-state index contributed by atoms with van der Waals surface area (Å²) in [6.45, 7) is 3.30. The highest BCUT2D eigenvalue weighted by Crippen LogP contribution is 1.98. The van der Waals surface area contributed by atoms with Crippen LogP contribution in [0.25, 0.3) is 0 Å². The summed E-state index contributed by atoms with van der Waals surface area (Å²) < 4.78 is 13.5. The molecule has 0 radical (unpaired) electrons. The first-order valence-electron chi connectivity index (χ1n) is 4.77. The normalized spacial score (nSPS) is 15.3. The Morgan fingerprint density at radius 2 is 2.43 bits per heavy atom. The molecule has 0 saturated carbocycles. The highest BCUT2D eigenvalue weighted by Gasteiger charge is 2.07. The first kappa shape index (κ1) is 11.4. The van der Waals surface area contributed by atoms with E-state index >= 15 is 0 Å². The number of aromatic nitrogens is 2. The minimum absolute atomic E-state index is 0.109. The van der Waals surface area contributed by atoms with E-state index in [0.717, 1.165) is 18.7 Å². The van der Waals surface area contributed by atoms with Crippen molar-refractivity contribution in [3.8, 4) is 0 Å². The van der Waals surface area contributed by atoms with Crippen LogP contribution >= 0.6 is 0 Å². The van der Waals surface area contributed by atoms with Crippen LogP contribution in [-0.2, 0) is 17.3 Å². The van der Waals surface area contributed by atoms with Gasteiger partial charge in [0.1, 0.15) is 0 Å². The van der Waals surface area contributed by atoms with Crippen LogP contribution < -0.4 is 5.73 Å². The lowest BCUT2D eigenvalue weighted by Crippen LogP contribution is -2.24. The molecule has 0 aromatic carbocycles. The molecule has 80 valence electrons. The van der Waals surface area contributed by atoms with Crippen LogP contribution in [0.5, 0.6) is 0 Å². The van der Waals surface area contributed by atoms with Crippen molar-refractivity contribution in [1.29, 1.82) is 0 Å². The predicted molar refractivity (Wildman–Crippen MR) is 58.4 cm³/mol. The molecule has 0 bridgehead atoms. The molecule has 0 spiro atoms. The Balaban J connectivity index is 2.18. The van der Waals surface area contributed by atoms with Gasteiger partial charge >= 0.3 is 0 Å². The zero-order valence-electron chi connectivity index (χ0n) is 8.43. The Labute approximate surface area is 87.0 Å². The number of hydrogen-bond donors (Lipinski definition) is 1. The van der Waals surface area contributed by atoms with Gasteiger partial charge in [0.05, 0.1) is 6.33 Å². The van der Waals surface area contributed by atoms with Crippen molar-refractivity contribution in [2.75, 3.05) is 12.3 Å². The zero-order chi connectivity index (χ0) is 10.4. The van der Waals surface area contributed by atoms with Gasteiger partial charge in [0.25, 0.3) is 0 Å². The standard InChI is InChI=1S/C9H17N3OS/c1-9(7-10)14(13)6-2-4-12-5-3-11-8-12/h3,5,8-9H,2,4,6-7,10H2,1H3. The van der Waals surface area contributed by atoms with E-state index < -0.39 is 10.8 Å². The van der Waals surface area contributed by atoms with E-state index in [2.05, 4.69) is 4.98 Å². The highest BCUT2D eigenvalue weighted by atomic mass is 32.2. The third-order valence-electron chi connectivity index (χ3n) is 2.10. The van der Waals surface area contributed by atoms with E-state index in [1.807, 2.05) is 17.7 Å². The number of nitrogens with zero attached hydrogens (tertiary/aromatic N) is 2. The van der Waals surface area contributed by atoms with Gasteiger partial charge in [0.15, 0.2) is 0 Å². The number of hydrogen-bond acceptors (Lipinski definition) is 3. The molecule has 0 aliphatic heterocycles. The molecule has 4 nitrogen and oxygen atoms in total. The van der Waals surface area contributed by atoms with Crippen LogP contribution in [0, 0.1) is 0 Å². The minimum atomic E-state index is -0.785. The van der Waals surface area contributed by atoms with Gasteiger partial charge < -0.3 is 10.3 Å². The lowest BCUT2D eigenvalue weighted by atomic mass is 10.5. The molecule has 5 heteroatoms. The van der Waals surface area contributed by atoms with Crippen molar-refractivity contribution in [3.05, 3.63) is 18.7 Å². The van der Waals surface area contributed by atoms with Gasteiger partial charge in [-0.3, -0.25) is 4.21 Å². The molecular formula is C9H17N3OS. The van der Waals surface area contributed by atoms with E-state index in [4.69, 9.17) is 5.73 Å². The molecule has 0 fully saturated rings. The molecule has 0 aliphatic rings. The fourth-order valence-corrected chi connectivity index (χ4v) is 2.15. The average molecular weight is 215 g/mol. The molecule has 0 saturated heterocycles. The van der Waals surface area contributed by atoms with Crippen LogP contribution in [0.2, 0.25) is 0 Å². The van der Waals surface area contributed by atoms with Gasteiger partial charge in [-0.2, -0.15) is 0 Å². The van der Waals surface area contributed by atoms with Crippen molar-refractivity contribution >= 4 is 10.8 Å². The molecule has 0 aliphatic carbocycles. The fourth-order valence-electron chi connectivity index (χ4n) is 1.12. The van der Waals surface area contributed by atoms with Crippen molar-refractivity contribution in [2.45, 2.75) is 25.1 Å². The number of nitrogens with two attached hydrogens (primary N) is 1. The molecule has 1 aromatic rings. The minimum Gasteiger partial charge on any atom is -0.337 e. The van der Waals surface area contributed by atoms with Crippen LogP contribution in [-0.4, -0.2) is 31.3 Å². The van der Waals surface area contributed by atoms with E-state index in [9.17, 15) is 4.21 Å². The van der Waals surface area contributed by atoms with Crippen molar-refractivity contribution in [3.63, 3.8) is 0 Å². The van der Waals surface area contributed by atoms with E-state index in [0.29, 0.717) is 6.54 Å². The summed E-state index contributed by atoms with van der Waals surface area (Å²) >= 11 is 0. The smallest absolute Gasteiger partial charge is 0.0945 e. The van der Waals surface area contributed by atoms with Crippen molar-refractivity contribution < 1.29 is 4.21 Å².